The Balaban J connectivity index is 3.67. The molecule has 0 heterocycles. The van der Waals surface area contributed by atoms with Crippen molar-refractivity contribution in [2.45, 2.75) is 12.8 Å². The first kappa shape index (κ1) is 10.9. The molecule has 0 aliphatic carbocycles. The number of carbonyl (C=O) groups is 1. The van der Waals surface area contributed by atoms with Crippen LogP contribution < -0.4 is 0 Å². The summed E-state index contributed by atoms with van der Waals surface area (Å²) in [7, 11) is -3.74. The van der Waals surface area contributed by atoms with E-state index in [-0.39, 0.29) is 12.8 Å². The van der Waals surface area contributed by atoms with Crippen molar-refractivity contribution in [1.29, 1.82) is 0 Å². The highest BCUT2D eigenvalue weighted by Crippen LogP contribution is 1.94. The maximum Gasteiger partial charge on any atom is 0.344 e. The molecule has 0 aliphatic heterocycles. The molecular weight excluding hydrogens is 184 g/mol. The minimum atomic E-state index is -3.74. The first-order valence-corrected chi connectivity index (χ1v) is 4.80. The molecule has 0 aromatic heterocycles. The lowest BCUT2D eigenvalue weighted by molar-refractivity contribution is -0.210. The summed E-state index contributed by atoms with van der Waals surface area (Å²) in [6.45, 7) is 0. The van der Waals surface area contributed by atoms with Crippen LogP contribution in [-0.4, -0.2) is 20.6 Å². The zero-order valence-electron chi connectivity index (χ0n) is 6.44. The van der Waals surface area contributed by atoms with Crippen LogP contribution in [0.15, 0.2) is 0 Å². The molecule has 0 amide bonds. The van der Waals surface area contributed by atoms with Crippen LogP contribution in [0.5, 0.6) is 0 Å². The van der Waals surface area contributed by atoms with Crippen molar-refractivity contribution >= 4 is 16.1 Å². The number of carbonyl (C=O) groups excluding carboxylic acids is 1. The standard InChI is InChI=1S/C6H8O5S/c1-3-4-5-6(7)10-11-12(2,8)9/h1H,4-5H2,2H3. The summed E-state index contributed by atoms with van der Waals surface area (Å²) >= 11 is 0. The third-order valence-corrected chi connectivity index (χ3v) is 1.04. The van der Waals surface area contributed by atoms with Gasteiger partial charge >= 0.3 is 5.97 Å². The molecule has 0 fully saturated rings. The van der Waals surface area contributed by atoms with Gasteiger partial charge < -0.3 is 0 Å². The van der Waals surface area contributed by atoms with E-state index in [1.807, 2.05) is 0 Å². The van der Waals surface area contributed by atoms with Crippen LogP contribution in [-0.2, 0) is 24.1 Å². The smallest absolute Gasteiger partial charge is 0.281 e. The van der Waals surface area contributed by atoms with Gasteiger partial charge in [0.1, 0.15) is 0 Å². The lowest BCUT2D eigenvalue weighted by Crippen LogP contribution is -2.09. The molecule has 12 heavy (non-hydrogen) atoms. The molecule has 0 aromatic rings. The second kappa shape index (κ2) is 4.74. The predicted molar refractivity (Wildman–Crippen MR) is 40.1 cm³/mol. The quantitative estimate of drug-likeness (QED) is 0.351. The second-order valence-corrected chi connectivity index (χ2v) is 3.48. The first-order chi connectivity index (χ1) is 5.45. The highest BCUT2D eigenvalue weighted by atomic mass is 32.2. The maximum atomic E-state index is 10.5. The molecule has 0 N–H and O–H groups in total. The molecule has 0 radical (unpaired) electrons. The maximum absolute atomic E-state index is 10.5. The minimum Gasteiger partial charge on any atom is -0.281 e. The normalized spacial score (nSPS) is 10.3. The van der Waals surface area contributed by atoms with Crippen molar-refractivity contribution in [3.8, 4) is 12.3 Å². The Kier molecular flexibility index (Phi) is 4.33. The van der Waals surface area contributed by atoms with E-state index in [2.05, 4.69) is 15.1 Å². The number of hydrogen-bond acceptors (Lipinski definition) is 5. The van der Waals surface area contributed by atoms with E-state index in [9.17, 15) is 13.2 Å². The monoisotopic (exact) mass is 192 g/mol. The SMILES string of the molecule is C#CCCC(=O)OOS(C)(=O)=O. The Hall–Kier alpha value is -1.06. The van der Waals surface area contributed by atoms with Crippen LogP contribution in [0.4, 0.5) is 0 Å². The Labute approximate surface area is 70.7 Å². The molecule has 0 bridgehead atoms. The molecule has 0 aliphatic rings. The van der Waals surface area contributed by atoms with Gasteiger partial charge in [0, 0.05) is 6.42 Å². The van der Waals surface area contributed by atoms with E-state index in [4.69, 9.17) is 6.42 Å². The molecule has 0 spiro atoms. The van der Waals surface area contributed by atoms with Gasteiger partial charge in [0.2, 0.25) is 0 Å². The highest BCUT2D eigenvalue weighted by molar-refractivity contribution is 7.85. The molecule has 6 heteroatoms. The van der Waals surface area contributed by atoms with Crippen molar-refractivity contribution in [3.63, 3.8) is 0 Å². The summed E-state index contributed by atoms with van der Waals surface area (Å²) in [6.07, 6.45) is 5.73. The van der Waals surface area contributed by atoms with E-state index in [0.717, 1.165) is 6.26 Å². The molecular formula is C6H8O5S. The van der Waals surface area contributed by atoms with E-state index < -0.39 is 16.1 Å². The average Bonchev–Trinajstić information content (AvgIpc) is 1.95. The Morgan fingerprint density at radius 2 is 2.17 bits per heavy atom. The van der Waals surface area contributed by atoms with Crippen molar-refractivity contribution in [3.05, 3.63) is 0 Å². The van der Waals surface area contributed by atoms with Crippen molar-refractivity contribution < 1.29 is 22.4 Å². The summed E-state index contributed by atoms with van der Waals surface area (Å²) in [5.41, 5.74) is 0. The van der Waals surface area contributed by atoms with Crippen LogP contribution >= 0.6 is 0 Å². The van der Waals surface area contributed by atoms with Crippen molar-refractivity contribution in [2.75, 3.05) is 6.26 Å². The molecule has 0 rings (SSSR count). The minimum absolute atomic E-state index is 0.0635. The number of hydrogen-bond donors (Lipinski definition) is 0. The summed E-state index contributed by atoms with van der Waals surface area (Å²) in [5, 5.41) is 0. The van der Waals surface area contributed by atoms with Gasteiger partial charge in [-0.05, 0) is 0 Å². The fourth-order valence-electron chi connectivity index (χ4n) is 0.316. The summed E-state index contributed by atoms with van der Waals surface area (Å²) in [6, 6.07) is 0. The van der Waals surface area contributed by atoms with E-state index in [0.29, 0.717) is 0 Å². The lowest BCUT2D eigenvalue weighted by Gasteiger charge is -1.97. The van der Waals surface area contributed by atoms with Gasteiger partial charge in [0.25, 0.3) is 10.1 Å². The van der Waals surface area contributed by atoms with E-state index in [1.165, 1.54) is 0 Å². The number of terminal acetylenes is 1. The molecule has 0 unspecified atom stereocenters. The van der Waals surface area contributed by atoms with Crippen molar-refractivity contribution in [2.24, 2.45) is 0 Å². The van der Waals surface area contributed by atoms with Crippen molar-refractivity contribution in [1.82, 2.24) is 0 Å². The Morgan fingerprint density at radius 3 is 2.58 bits per heavy atom. The lowest BCUT2D eigenvalue weighted by atomic mass is 10.3. The van der Waals surface area contributed by atoms with Crippen LogP contribution in [0.2, 0.25) is 0 Å². The van der Waals surface area contributed by atoms with Crippen LogP contribution in [0.25, 0.3) is 0 Å². The van der Waals surface area contributed by atoms with Gasteiger partial charge in [0.15, 0.2) is 0 Å². The van der Waals surface area contributed by atoms with Gasteiger partial charge in [-0.25, -0.2) is 4.79 Å². The third-order valence-electron chi connectivity index (χ3n) is 0.724. The van der Waals surface area contributed by atoms with Crippen LogP contribution in [0, 0.1) is 12.3 Å². The first-order valence-electron chi connectivity index (χ1n) is 2.98. The fraction of sp³-hybridized carbons (Fsp3) is 0.500. The molecule has 0 saturated carbocycles. The second-order valence-electron chi connectivity index (χ2n) is 1.93. The fourth-order valence-corrected chi connectivity index (χ4v) is 0.515. The number of rotatable bonds is 4. The summed E-state index contributed by atoms with van der Waals surface area (Å²) in [5.74, 6) is 1.38. The van der Waals surface area contributed by atoms with Gasteiger partial charge in [-0.15, -0.1) is 12.3 Å². The van der Waals surface area contributed by atoms with Gasteiger partial charge in [-0.2, -0.15) is 8.42 Å². The van der Waals surface area contributed by atoms with E-state index >= 15 is 0 Å². The average molecular weight is 192 g/mol. The molecule has 5 nitrogen and oxygen atoms in total. The molecule has 0 atom stereocenters. The zero-order chi connectivity index (χ0) is 9.61. The highest BCUT2D eigenvalue weighted by Gasteiger charge is 2.08. The van der Waals surface area contributed by atoms with E-state index in [1.54, 1.807) is 0 Å². The van der Waals surface area contributed by atoms with Gasteiger partial charge in [-0.3, -0.25) is 4.89 Å². The summed E-state index contributed by atoms with van der Waals surface area (Å²) in [4.78, 5) is 14.4. The summed E-state index contributed by atoms with van der Waals surface area (Å²) < 4.78 is 24.3. The third kappa shape index (κ3) is 7.05. The predicted octanol–water partition coefficient (Wildman–Crippen LogP) is -0.166. The van der Waals surface area contributed by atoms with Gasteiger partial charge in [-0.1, -0.05) is 4.33 Å². The molecule has 0 saturated heterocycles. The molecule has 68 valence electrons. The Bertz CT molecular complexity index is 284. The van der Waals surface area contributed by atoms with Crippen LogP contribution in [0.1, 0.15) is 12.8 Å². The zero-order valence-corrected chi connectivity index (χ0v) is 7.26. The van der Waals surface area contributed by atoms with Gasteiger partial charge in [0.05, 0.1) is 12.7 Å². The topological polar surface area (TPSA) is 69.7 Å². The van der Waals surface area contributed by atoms with Crippen LogP contribution in [0.3, 0.4) is 0 Å². The molecule has 0 aromatic carbocycles. The largest absolute Gasteiger partial charge is 0.344 e. The Morgan fingerprint density at radius 1 is 1.58 bits per heavy atom.